The molecule has 4 rings (SSSR count). The van der Waals surface area contributed by atoms with Crippen molar-refractivity contribution >= 4 is 38.8 Å². The molecule has 2 aromatic heterocycles. The lowest BCUT2D eigenvalue weighted by Crippen LogP contribution is -2.21. The third-order valence-corrected chi connectivity index (χ3v) is 5.92. The molecule has 0 radical (unpaired) electrons. The fourth-order valence-corrected chi connectivity index (χ4v) is 3.88. The van der Waals surface area contributed by atoms with Gasteiger partial charge < -0.3 is 26.1 Å². The van der Waals surface area contributed by atoms with Crippen LogP contribution in [-0.4, -0.2) is 46.5 Å². The van der Waals surface area contributed by atoms with Gasteiger partial charge in [-0.15, -0.1) is 0 Å². The van der Waals surface area contributed by atoms with Gasteiger partial charge in [0.05, 0.1) is 18.9 Å². The Balaban J connectivity index is 0.000000454. The molecule has 0 fully saturated rings. The zero-order chi connectivity index (χ0) is 25.8. The number of rotatable bonds is 10. The number of carbonyl (C=O) groups is 1. The number of aromatic amines is 1. The second-order valence-electron chi connectivity index (χ2n) is 8.12. The average Bonchev–Trinajstić information content (AvgIpc) is 3.36. The van der Waals surface area contributed by atoms with E-state index in [1.54, 1.807) is 6.33 Å². The molecule has 2 heterocycles. The Bertz CT molecular complexity index is 1210. The molecule has 190 valence electrons. The number of ether oxygens (including phenoxy) is 1. The van der Waals surface area contributed by atoms with Gasteiger partial charge in [-0.05, 0) is 29.7 Å². The summed E-state index contributed by atoms with van der Waals surface area (Å²) in [6.07, 6.45) is 2.05. The van der Waals surface area contributed by atoms with Crippen LogP contribution in [0, 0.1) is 0 Å². The van der Waals surface area contributed by atoms with Crippen LogP contribution in [0.15, 0.2) is 67.0 Å². The summed E-state index contributed by atoms with van der Waals surface area (Å²) in [4.78, 5) is 22.5. The number of alkyl halides is 1. The summed E-state index contributed by atoms with van der Waals surface area (Å²) >= 11 is 3.09. The van der Waals surface area contributed by atoms with Crippen molar-refractivity contribution in [2.75, 3.05) is 30.8 Å². The van der Waals surface area contributed by atoms with Crippen LogP contribution in [-0.2, 0) is 16.1 Å². The molecular weight excluding hydrogens is 520 g/mol. The van der Waals surface area contributed by atoms with Crippen LogP contribution < -0.4 is 16.4 Å². The van der Waals surface area contributed by atoms with Crippen LogP contribution >= 0.6 is 15.9 Å². The van der Waals surface area contributed by atoms with Crippen LogP contribution in [0.3, 0.4) is 0 Å². The van der Waals surface area contributed by atoms with E-state index in [-0.39, 0.29) is 12.0 Å². The second-order valence-corrected chi connectivity index (χ2v) is 8.91. The molecule has 0 saturated carbocycles. The van der Waals surface area contributed by atoms with Crippen molar-refractivity contribution in [2.45, 2.75) is 25.9 Å². The molecule has 8 nitrogen and oxygen atoms in total. The molecule has 1 atom stereocenters. The predicted molar refractivity (Wildman–Crippen MR) is 149 cm³/mol. The molecule has 0 spiro atoms. The molecular formula is C27H33BrN6O2. The highest BCUT2D eigenvalue weighted by molar-refractivity contribution is 9.09. The summed E-state index contributed by atoms with van der Waals surface area (Å²) in [5, 5.41) is 8.49. The molecule has 2 aromatic carbocycles. The lowest BCUT2D eigenvalue weighted by Gasteiger charge is -2.15. The highest BCUT2D eigenvalue weighted by Gasteiger charge is 2.12. The number of esters is 1. The first-order chi connectivity index (χ1) is 17.5. The average molecular weight is 554 g/mol. The number of anilines is 1. The van der Waals surface area contributed by atoms with E-state index in [0.29, 0.717) is 18.3 Å². The molecule has 0 saturated heterocycles. The number of nitrogens with two attached hydrogens (primary N) is 1. The highest BCUT2D eigenvalue weighted by atomic mass is 79.9. The first-order valence-corrected chi connectivity index (χ1v) is 13.0. The third-order valence-electron chi connectivity index (χ3n) is 5.52. The lowest BCUT2D eigenvalue weighted by molar-refractivity contribution is -0.140. The first-order valence-electron chi connectivity index (χ1n) is 11.8. The van der Waals surface area contributed by atoms with Gasteiger partial charge in [0, 0.05) is 36.7 Å². The number of fused-ring (bicyclic) bond motifs is 1. The van der Waals surface area contributed by atoms with Gasteiger partial charge in [0.15, 0.2) is 0 Å². The Labute approximate surface area is 220 Å². The summed E-state index contributed by atoms with van der Waals surface area (Å²) in [6.45, 7) is 4.42. The standard InChI is InChI=1S/C23H26N6.C4H7BrO2/c1-16(18-5-3-2-4-6-18)28-22-20-13-21(29-23(20)27-15-26-22)19-9-7-17(8-10-19)14-25-12-11-24;1-7-4(6)2-3-5/h2-10,13,15-16,25H,11-12,14,24H2,1H3,(H2,26,27,28,29);2-3H2,1H3/t16-;/m1./s1. The van der Waals surface area contributed by atoms with Crippen LogP contribution in [0.1, 0.15) is 30.5 Å². The fourth-order valence-electron chi connectivity index (χ4n) is 3.56. The van der Waals surface area contributed by atoms with Gasteiger partial charge in [0.1, 0.15) is 17.8 Å². The Morgan fingerprint density at radius 2 is 1.89 bits per heavy atom. The van der Waals surface area contributed by atoms with Crippen molar-refractivity contribution in [3.8, 4) is 11.3 Å². The monoisotopic (exact) mass is 552 g/mol. The van der Waals surface area contributed by atoms with E-state index in [9.17, 15) is 4.79 Å². The zero-order valence-electron chi connectivity index (χ0n) is 20.6. The Hall–Kier alpha value is -3.27. The molecule has 0 unspecified atom stereocenters. The van der Waals surface area contributed by atoms with E-state index in [2.05, 4.69) is 95.6 Å². The van der Waals surface area contributed by atoms with Crippen LogP contribution in [0.4, 0.5) is 5.82 Å². The number of halogens is 1. The third kappa shape index (κ3) is 7.87. The molecule has 0 bridgehead atoms. The van der Waals surface area contributed by atoms with Crippen molar-refractivity contribution in [1.29, 1.82) is 0 Å². The molecule has 36 heavy (non-hydrogen) atoms. The van der Waals surface area contributed by atoms with Crippen LogP contribution in [0.25, 0.3) is 22.3 Å². The number of hydrogen-bond donors (Lipinski definition) is 4. The number of aromatic nitrogens is 3. The summed E-state index contributed by atoms with van der Waals surface area (Å²) in [5.41, 5.74) is 10.9. The Kier molecular flexibility index (Phi) is 10.9. The predicted octanol–water partition coefficient (Wildman–Crippen LogP) is 4.79. The number of H-pyrrole nitrogens is 1. The Morgan fingerprint density at radius 1 is 1.14 bits per heavy atom. The SMILES string of the molecule is COC(=O)CCBr.C[C@@H](Nc1ncnc2[nH]c(-c3ccc(CNCCN)cc3)cc12)c1ccccc1. The quantitative estimate of drug-likeness (QED) is 0.127. The maximum absolute atomic E-state index is 10.2. The number of hydrogen-bond acceptors (Lipinski definition) is 7. The fraction of sp³-hybridized carbons (Fsp3) is 0.296. The number of nitrogens with one attached hydrogen (secondary N) is 3. The van der Waals surface area contributed by atoms with Gasteiger partial charge in [-0.3, -0.25) is 4.79 Å². The summed E-state index contributed by atoms with van der Waals surface area (Å²) in [7, 11) is 1.38. The van der Waals surface area contributed by atoms with Gasteiger partial charge in [-0.2, -0.15) is 0 Å². The molecule has 9 heteroatoms. The summed E-state index contributed by atoms with van der Waals surface area (Å²) in [6, 6.07) is 21.1. The van der Waals surface area contributed by atoms with Crippen LogP contribution in [0.2, 0.25) is 0 Å². The van der Waals surface area contributed by atoms with Crippen LogP contribution in [0.5, 0.6) is 0 Å². The number of carbonyl (C=O) groups excluding carboxylic acids is 1. The second kappa shape index (κ2) is 14.3. The van der Waals surface area contributed by atoms with E-state index < -0.39 is 0 Å². The van der Waals surface area contributed by atoms with Gasteiger partial charge in [-0.1, -0.05) is 70.5 Å². The lowest BCUT2D eigenvalue weighted by atomic mass is 10.1. The largest absolute Gasteiger partial charge is 0.469 e. The van der Waals surface area contributed by atoms with E-state index in [1.165, 1.54) is 18.2 Å². The number of benzene rings is 2. The summed E-state index contributed by atoms with van der Waals surface area (Å²) in [5.74, 6) is 0.660. The summed E-state index contributed by atoms with van der Waals surface area (Å²) < 4.78 is 4.32. The molecule has 5 N–H and O–H groups in total. The van der Waals surface area contributed by atoms with Crippen molar-refractivity contribution in [1.82, 2.24) is 20.3 Å². The topological polar surface area (TPSA) is 118 Å². The highest BCUT2D eigenvalue weighted by Crippen LogP contribution is 2.29. The molecule has 0 amide bonds. The zero-order valence-corrected chi connectivity index (χ0v) is 22.2. The van der Waals surface area contributed by atoms with Crippen molar-refractivity contribution in [2.24, 2.45) is 5.73 Å². The van der Waals surface area contributed by atoms with Gasteiger partial charge >= 0.3 is 5.97 Å². The van der Waals surface area contributed by atoms with Crippen molar-refractivity contribution in [3.05, 3.63) is 78.1 Å². The van der Waals surface area contributed by atoms with E-state index in [1.807, 2.05) is 18.2 Å². The normalized spacial score (nSPS) is 11.4. The molecule has 0 aliphatic rings. The minimum atomic E-state index is -0.170. The number of nitrogens with zero attached hydrogens (tertiary/aromatic N) is 2. The van der Waals surface area contributed by atoms with Crippen molar-refractivity contribution < 1.29 is 9.53 Å². The molecule has 0 aliphatic carbocycles. The van der Waals surface area contributed by atoms with E-state index in [0.717, 1.165) is 41.2 Å². The maximum Gasteiger partial charge on any atom is 0.306 e. The van der Waals surface area contributed by atoms with Gasteiger partial charge in [0.25, 0.3) is 0 Å². The first kappa shape index (κ1) is 27.3. The smallest absolute Gasteiger partial charge is 0.306 e. The van der Waals surface area contributed by atoms with E-state index in [4.69, 9.17) is 5.73 Å². The minimum Gasteiger partial charge on any atom is -0.469 e. The molecule has 4 aromatic rings. The van der Waals surface area contributed by atoms with Crippen molar-refractivity contribution in [3.63, 3.8) is 0 Å². The maximum atomic E-state index is 10.2. The van der Waals surface area contributed by atoms with Gasteiger partial charge in [-0.25, -0.2) is 9.97 Å². The number of methoxy groups -OCH3 is 1. The molecule has 0 aliphatic heterocycles. The van der Waals surface area contributed by atoms with E-state index >= 15 is 0 Å². The van der Waals surface area contributed by atoms with Gasteiger partial charge in [0.2, 0.25) is 0 Å². The Morgan fingerprint density at radius 3 is 2.53 bits per heavy atom. The minimum absolute atomic E-state index is 0.146.